The van der Waals surface area contributed by atoms with Gasteiger partial charge >= 0.3 is 6.01 Å². The van der Waals surface area contributed by atoms with Gasteiger partial charge in [0, 0.05) is 18.1 Å². The number of piperidine rings is 1. The van der Waals surface area contributed by atoms with Crippen LogP contribution >= 0.6 is 11.6 Å². The molecule has 0 unspecified atom stereocenters. The van der Waals surface area contributed by atoms with Crippen molar-refractivity contribution in [2.24, 2.45) is 0 Å². The van der Waals surface area contributed by atoms with Gasteiger partial charge in [0.25, 0.3) is 0 Å². The number of halogens is 1. The van der Waals surface area contributed by atoms with E-state index in [2.05, 4.69) is 24.6 Å². The minimum Gasteiger partial charge on any atom is -0.467 e. The van der Waals surface area contributed by atoms with Gasteiger partial charge < -0.3 is 9.64 Å². The van der Waals surface area contributed by atoms with Crippen molar-refractivity contribution < 1.29 is 13.2 Å². The predicted molar refractivity (Wildman–Crippen MR) is 103 cm³/mol. The molecule has 3 rings (SSSR count). The molecule has 27 heavy (non-hydrogen) atoms. The maximum absolute atomic E-state index is 12.6. The molecule has 2 heterocycles. The van der Waals surface area contributed by atoms with E-state index in [-0.39, 0.29) is 17.5 Å². The number of ether oxygens (including phenoxy) is 1. The van der Waals surface area contributed by atoms with E-state index in [1.54, 1.807) is 19.1 Å². The van der Waals surface area contributed by atoms with Crippen LogP contribution in [-0.2, 0) is 16.6 Å². The Labute approximate surface area is 164 Å². The summed E-state index contributed by atoms with van der Waals surface area (Å²) in [5.74, 6) is 0.806. The van der Waals surface area contributed by atoms with E-state index >= 15 is 0 Å². The van der Waals surface area contributed by atoms with Crippen LogP contribution in [0.1, 0.15) is 30.7 Å². The smallest absolute Gasteiger partial charge is 0.321 e. The summed E-state index contributed by atoms with van der Waals surface area (Å²) in [6, 6.07) is 4.93. The molecule has 1 fully saturated rings. The number of methoxy groups -OCH3 is 1. The van der Waals surface area contributed by atoms with Crippen molar-refractivity contribution in [2.45, 2.75) is 37.6 Å². The largest absolute Gasteiger partial charge is 0.467 e. The van der Waals surface area contributed by atoms with Gasteiger partial charge in [0.1, 0.15) is 0 Å². The van der Waals surface area contributed by atoms with Crippen molar-refractivity contribution in [2.75, 3.05) is 25.1 Å². The standard InChI is InChI=1S/C17H22ClN5O3S/c1-12-13(18)7-6-8-14(12)27(24,25)19-11-15-20-16(22-17(21-15)26-2)23-9-4-3-5-10-23/h6-8,19H,3-5,9-11H2,1-2H3. The fourth-order valence-corrected chi connectivity index (χ4v) is 4.38. The second-order valence-corrected chi connectivity index (χ2v) is 8.42. The van der Waals surface area contributed by atoms with Gasteiger partial charge in [-0.25, -0.2) is 13.1 Å². The van der Waals surface area contributed by atoms with E-state index in [9.17, 15) is 8.42 Å². The average Bonchev–Trinajstić information content (AvgIpc) is 2.69. The van der Waals surface area contributed by atoms with Gasteiger partial charge in [-0.05, 0) is 43.9 Å². The van der Waals surface area contributed by atoms with Crippen molar-refractivity contribution in [1.29, 1.82) is 0 Å². The highest BCUT2D eigenvalue weighted by molar-refractivity contribution is 7.89. The first-order chi connectivity index (χ1) is 12.9. The molecule has 1 aromatic carbocycles. The summed E-state index contributed by atoms with van der Waals surface area (Å²) >= 11 is 6.04. The third kappa shape index (κ3) is 4.66. The van der Waals surface area contributed by atoms with Crippen LogP contribution in [-0.4, -0.2) is 43.6 Å². The topological polar surface area (TPSA) is 97.3 Å². The molecule has 1 saturated heterocycles. The quantitative estimate of drug-likeness (QED) is 0.778. The Kier molecular flexibility index (Phi) is 6.13. The highest BCUT2D eigenvalue weighted by Crippen LogP contribution is 2.23. The van der Waals surface area contributed by atoms with Gasteiger partial charge in [0.2, 0.25) is 16.0 Å². The van der Waals surface area contributed by atoms with Crippen LogP contribution < -0.4 is 14.4 Å². The SMILES string of the molecule is COc1nc(CNS(=O)(=O)c2cccc(Cl)c2C)nc(N2CCCCC2)n1. The molecule has 10 heteroatoms. The van der Waals surface area contributed by atoms with Crippen molar-refractivity contribution in [3.8, 4) is 6.01 Å². The third-order valence-electron chi connectivity index (χ3n) is 4.40. The monoisotopic (exact) mass is 411 g/mol. The first kappa shape index (κ1) is 19.8. The van der Waals surface area contributed by atoms with Gasteiger partial charge in [-0.3, -0.25) is 0 Å². The van der Waals surface area contributed by atoms with Crippen LogP contribution in [0.5, 0.6) is 6.01 Å². The molecule has 1 aliphatic heterocycles. The molecular weight excluding hydrogens is 390 g/mol. The second kappa shape index (κ2) is 8.37. The number of anilines is 1. The summed E-state index contributed by atoms with van der Waals surface area (Å²) in [5.41, 5.74) is 0.494. The van der Waals surface area contributed by atoms with Crippen molar-refractivity contribution in [3.63, 3.8) is 0 Å². The summed E-state index contributed by atoms with van der Waals surface area (Å²) in [7, 11) is -2.29. The first-order valence-corrected chi connectivity index (χ1v) is 10.6. The number of aromatic nitrogens is 3. The van der Waals surface area contributed by atoms with Crippen molar-refractivity contribution in [3.05, 3.63) is 34.6 Å². The number of nitrogens with zero attached hydrogens (tertiary/aromatic N) is 4. The zero-order valence-corrected chi connectivity index (χ0v) is 16.8. The number of hydrogen-bond acceptors (Lipinski definition) is 7. The van der Waals surface area contributed by atoms with Crippen LogP contribution in [0.25, 0.3) is 0 Å². The minimum absolute atomic E-state index is 0.0754. The van der Waals surface area contributed by atoms with Gasteiger partial charge in [-0.15, -0.1) is 0 Å². The highest BCUT2D eigenvalue weighted by Gasteiger charge is 2.20. The number of rotatable bonds is 6. The number of hydrogen-bond donors (Lipinski definition) is 1. The summed E-state index contributed by atoms with van der Waals surface area (Å²) in [6.45, 7) is 3.31. The second-order valence-electron chi connectivity index (χ2n) is 6.27. The molecule has 8 nitrogen and oxygen atoms in total. The zero-order valence-electron chi connectivity index (χ0n) is 15.3. The van der Waals surface area contributed by atoms with E-state index in [0.717, 1.165) is 25.9 Å². The van der Waals surface area contributed by atoms with E-state index in [1.165, 1.54) is 19.6 Å². The molecule has 2 aromatic rings. The molecule has 0 spiro atoms. The Bertz CT molecular complexity index is 917. The normalized spacial score (nSPS) is 15.0. The molecule has 0 saturated carbocycles. The van der Waals surface area contributed by atoms with Crippen LogP contribution in [0.4, 0.5) is 5.95 Å². The minimum atomic E-state index is -3.76. The lowest BCUT2D eigenvalue weighted by Gasteiger charge is -2.26. The molecule has 0 aliphatic carbocycles. The number of sulfonamides is 1. The Morgan fingerprint density at radius 1 is 1.19 bits per heavy atom. The predicted octanol–water partition coefficient (Wildman–Crippen LogP) is 2.31. The molecule has 0 bridgehead atoms. The Morgan fingerprint density at radius 3 is 2.63 bits per heavy atom. The summed E-state index contributed by atoms with van der Waals surface area (Å²) in [5, 5.41) is 0.395. The first-order valence-electron chi connectivity index (χ1n) is 8.69. The maximum atomic E-state index is 12.6. The molecular formula is C17H22ClN5O3S. The lowest BCUT2D eigenvalue weighted by Crippen LogP contribution is -2.32. The summed E-state index contributed by atoms with van der Waals surface area (Å²) < 4.78 is 33.0. The van der Waals surface area contributed by atoms with E-state index < -0.39 is 10.0 Å². The third-order valence-corrected chi connectivity index (χ3v) is 6.35. The number of nitrogens with one attached hydrogen (secondary N) is 1. The van der Waals surface area contributed by atoms with Gasteiger partial charge in [0.05, 0.1) is 18.6 Å². The highest BCUT2D eigenvalue weighted by atomic mass is 35.5. The van der Waals surface area contributed by atoms with E-state index in [0.29, 0.717) is 22.4 Å². The zero-order chi connectivity index (χ0) is 19.4. The van der Waals surface area contributed by atoms with Crippen molar-refractivity contribution >= 4 is 27.6 Å². The van der Waals surface area contributed by atoms with Crippen LogP contribution in [0.2, 0.25) is 5.02 Å². The number of benzene rings is 1. The fraction of sp³-hybridized carbons (Fsp3) is 0.471. The van der Waals surface area contributed by atoms with Crippen LogP contribution in [0.15, 0.2) is 23.1 Å². The van der Waals surface area contributed by atoms with E-state index in [4.69, 9.17) is 16.3 Å². The lowest BCUT2D eigenvalue weighted by molar-refractivity contribution is 0.374. The summed E-state index contributed by atoms with van der Waals surface area (Å²) in [6.07, 6.45) is 3.33. The average molecular weight is 412 g/mol. The Morgan fingerprint density at radius 2 is 1.93 bits per heavy atom. The molecule has 0 radical (unpaired) electrons. The molecule has 0 amide bonds. The maximum Gasteiger partial charge on any atom is 0.321 e. The Balaban J connectivity index is 1.81. The van der Waals surface area contributed by atoms with Crippen LogP contribution in [0.3, 0.4) is 0 Å². The van der Waals surface area contributed by atoms with E-state index in [1.807, 2.05) is 0 Å². The lowest BCUT2D eigenvalue weighted by atomic mass is 10.1. The van der Waals surface area contributed by atoms with Crippen molar-refractivity contribution in [1.82, 2.24) is 19.7 Å². The van der Waals surface area contributed by atoms with Crippen LogP contribution in [0, 0.1) is 6.92 Å². The Hall–Kier alpha value is -1.97. The molecule has 0 atom stereocenters. The molecule has 1 aliphatic rings. The molecule has 1 aromatic heterocycles. The molecule has 146 valence electrons. The summed E-state index contributed by atoms with van der Waals surface area (Å²) in [4.78, 5) is 15.1. The van der Waals surface area contributed by atoms with Gasteiger partial charge in [-0.1, -0.05) is 17.7 Å². The molecule has 1 N–H and O–H groups in total. The van der Waals surface area contributed by atoms with Gasteiger partial charge in [0.15, 0.2) is 5.82 Å². The fourth-order valence-electron chi connectivity index (χ4n) is 2.91. The van der Waals surface area contributed by atoms with Gasteiger partial charge in [-0.2, -0.15) is 15.0 Å².